The molecule has 0 spiro atoms. The topological polar surface area (TPSA) is 95.1 Å². The fourth-order valence-electron chi connectivity index (χ4n) is 3.99. The van der Waals surface area contributed by atoms with Gasteiger partial charge < -0.3 is 8.98 Å². The number of Topliss-reactive ketones (excluding diaryl/α,β-unsaturated/α-hetero) is 1. The summed E-state index contributed by atoms with van der Waals surface area (Å²) in [5.74, 6) is 0.978. The second-order valence-electron chi connectivity index (χ2n) is 8.11. The quantitative estimate of drug-likeness (QED) is 0.343. The van der Waals surface area contributed by atoms with Gasteiger partial charge in [-0.05, 0) is 43.9 Å². The molecule has 0 bridgehead atoms. The number of halogens is 1. The SMILES string of the molecule is Cc1cc(C(=O)CSc2nnc(C[C@@H]3CCS(=O)(=O)C3)o2)c(C)n1Cc1ccccc1Cl. The zero-order chi connectivity index (χ0) is 22.9. The first-order valence-corrected chi connectivity index (χ1v) is 13.5. The van der Waals surface area contributed by atoms with Gasteiger partial charge in [-0.25, -0.2) is 8.42 Å². The van der Waals surface area contributed by atoms with Crippen molar-refractivity contribution in [3.05, 3.63) is 63.8 Å². The molecule has 0 N–H and O–H groups in total. The number of thioether (sulfide) groups is 1. The van der Waals surface area contributed by atoms with E-state index in [4.69, 9.17) is 16.0 Å². The summed E-state index contributed by atoms with van der Waals surface area (Å²) in [4.78, 5) is 12.9. The van der Waals surface area contributed by atoms with Crippen molar-refractivity contribution < 1.29 is 17.6 Å². The number of aryl methyl sites for hydroxylation is 1. The molecule has 1 aromatic carbocycles. The molecule has 0 amide bonds. The maximum Gasteiger partial charge on any atom is 0.277 e. The number of sulfone groups is 1. The summed E-state index contributed by atoms with van der Waals surface area (Å²) in [7, 11) is -2.94. The van der Waals surface area contributed by atoms with Gasteiger partial charge in [0.15, 0.2) is 15.6 Å². The van der Waals surface area contributed by atoms with Crippen LogP contribution in [-0.2, 0) is 22.8 Å². The van der Waals surface area contributed by atoms with Crippen molar-refractivity contribution in [3.63, 3.8) is 0 Å². The molecule has 1 saturated heterocycles. The highest BCUT2D eigenvalue weighted by Crippen LogP contribution is 2.26. The smallest absolute Gasteiger partial charge is 0.277 e. The Labute approximate surface area is 196 Å². The number of benzene rings is 1. The van der Waals surface area contributed by atoms with Crippen molar-refractivity contribution in [1.82, 2.24) is 14.8 Å². The average molecular weight is 494 g/mol. The van der Waals surface area contributed by atoms with Crippen molar-refractivity contribution in [2.45, 2.75) is 38.5 Å². The normalized spacial score (nSPS) is 17.7. The van der Waals surface area contributed by atoms with Crippen LogP contribution in [0.2, 0.25) is 5.02 Å². The fraction of sp³-hybridized carbons (Fsp3) is 0.409. The molecule has 1 aliphatic heterocycles. The molecule has 170 valence electrons. The molecule has 0 radical (unpaired) electrons. The minimum Gasteiger partial charge on any atom is -0.416 e. The van der Waals surface area contributed by atoms with E-state index in [0.29, 0.717) is 41.1 Å². The number of ketones is 1. The molecular formula is C22H24ClN3O4S2. The molecule has 0 aliphatic carbocycles. The van der Waals surface area contributed by atoms with E-state index in [1.54, 1.807) is 0 Å². The van der Waals surface area contributed by atoms with Crippen LogP contribution in [0.15, 0.2) is 40.0 Å². The van der Waals surface area contributed by atoms with Crippen LogP contribution in [-0.4, -0.2) is 46.2 Å². The number of carbonyl (C=O) groups is 1. The van der Waals surface area contributed by atoms with Crippen LogP contribution in [0.4, 0.5) is 0 Å². The van der Waals surface area contributed by atoms with Gasteiger partial charge in [-0.1, -0.05) is 41.6 Å². The zero-order valence-electron chi connectivity index (χ0n) is 17.9. The Balaban J connectivity index is 1.38. The van der Waals surface area contributed by atoms with Gasteiger partial charge in [0.05, 0.1) is 17.3 Å². The lowest BCUT2D eigenvalue weighted by atomic mass is 10.1. The lowest BCUT2D eigenvalue weighted by Gasteiger charge is -2.11. The van der Waals surface area contributed by atoms with Crippen LogP contribution < -0.4 is 0 Å². The molecule has 3 aromatic rings. The third kappa shape index (κ3) is 5.27. The Morgan fingerprint density at radius 2 is 2.06 bits per heavy atom. The molecule has 7 nitrogen and oxygen atoms in total. The summed E-state index contributed by atoms with van der Waals surface area (Å²) < 4.78 is 30.9. The molecule has 3 heterocycles. The highest BCUT2D eigenvalue weighted by atomic mass is 35.5. The van der Waals surface area contributed by atoms with Gasteiger partial charge >= 0.3 is 0 Å². The van der Waals surface area contributed by atoms with Crippen molar-refractivity contribution in [3.8, 4) is 0 Å². The van der Waals surface area contributed by atoms with Crippen molar-refractivity contribution >= 4 is 39.0 Å². The lowest BCUT2D eigenvalue weighted by Crippen LogP contribution is -2.08. The van der Waals surface area contributed by atoms with Gasteiger partial charge in [0.1, 0.15) is 0 Å². The number of nitrogens with zero attached hydrogens (tertiary/aromatic N) is 3. The monoisotopic (exact) mass is 493 g/mol. The Morgan fingerprint density at radius 1 is 1.28 bits per heavy atom. The first-order valence-electron chi connectivity index (χ1n) is 10.3. The number of hydrogen-bond acceptors (Lipinski definition) is 7. The average Bonchev–Trinajstić information content (AvgIpc) is 3.41. The number of rotatable bonds is 8. The van der Waals surface area contributed by atoms with Gasteiger partial charge in [-0.2, -0.15) is 0 Å². The molecule has 1 atom stereocenters. The zero-order valence-corrected chi connectivity index (χ0v) is 20.3. The van der Waals surface area contributed by atoms with Gasteiger partial charge in [0.2, 0.25) is 5.89 Å². The summed E-state index contributed by atoms with van der Waals surface area (Å²) in [5, 5.41) is 9.02. The number of hydrogen-bond donors (Lipinski definition) is 0. The molecule has 4 rings (SSSR count). The van der Waals surface area contributed by atoms with Crippen LogP contribution >= 0.6 is 23.4 Å². The Hall–Kier alpha value is -2.10. The molecule has 0 unspecified atom stereocenters. The molecular weight excluding hydrogens is 470 g/mol. The van der Waals surface area contributed by atoms with Crippen molar-refractivity contribution in [2.24, 2.45) is 5.92 Å². The van der Waals surface area contributed by atoms with Crippen LogP contribution in [0, 0.1) is 19.8 Å². The second-order valence-corrected chi connectivity index (χ2v) is 11.7. The Morgan fingerprint density at radius 3 is 2.78 bits per heavy atom. The van der Waals surface area contributed by atoms with Gasteiger partial charge in [0, 0.05) is 34.9 Å². The molecule has 0 saturated carbocycles. The van der Waals surface area contributed by atoms with Gasteiger partial charge in [0.25, 0.3) is 5.22 Å². The summed E-state index contributed by atoms with van der Waals surface area (Å²) in [5.41, 5.74) is 3.54. The van der Waals surface area contributed by atoms with Crippen LogP contribution in [0.3, 0.4) is 0 Å². The van der Waals surface area contributed by atoms with E-state index in [9.17, 15) is 13.2 Å². The highest BCUT2D eigenvalue weighted by molar-refractivity contribution is 7.99. The van der Waals surface area contributed by atoms with Crippen molar-refractivity contribution in [1.29, 1.82) is 0 Å². The third-order valence-electron chi connectivity index (χ3n) is 5.73. The molecule has 2 aromatic heterocycles. The lowest BCUT2D eigenvalue weighted by molar-refractivity contribution is 0.102. The summed E-state index contributed by atoms with van der Waals surface area (Å²) in [6.07, 6.45) is 1.07. The minimum absolute atomic E-state index is 0.0171. The van der Waals surface area contributed by atoms with Crippen LogP contribution in [0.1, 0.15) is 39.6 Å². The van der Waals surface area contributed by atoms with Crippen LogP contribution in [0.25, 0.3) is 0 Å². The summed E-state index contributed by atoms with van der Waals surface area (Å²) in [6, 6.07) is 9.58. The van der Waals surface area contributed by atoms with Crippen LogP contribution in [0.5, 0.6) is 0 Å². The first-order chi connectivity index (χ1) is 15.2. The van der Waals surface area contributed by atoms with E-state index in [1.165, 1.54) is 11.8 Å². The Bertz CT molecular complexity index is 1250. The van der Waals surface area contributed by atoms with E-state index in [0.717, 1.165) is 17.0 Å². The second kappa shape index (κ2) is 9.41. The predicted molar refractivity (Wildman–Crippen MR) is 124 cm³/mol. The number of carbonyl (C=O) groups excluding carboxylic acids is 1. The van der Waals surface area contributed by atoms with Gasteiger partial charge in [-0.3, -0.25) is 4.79 Å². The summed E-state index contributed by atoms with van der Waals surface area (Å²) >= 11 is 7.49. The predicted octanol–water partition coefficient (Wildman–Crippen LogP) is 4.14. The summed E-state index contributed by atoms with van der Waals surface area (Å²) in [6.45, 7) is 4.51. The maximum atomic E-state index is 12.9. The first kappa shape index (κ1) is 23.1. The van der Waals surface area contributed by atoms with E-state index in [2.05, 4.69) is 14.8 Å². The van der Waals surface area contributed by atoms with E-state index in [-0.39, 0.29) is 29.0 Å². The molecule has 32 heavy (non-hydrogen) atoms. The molecule has 1 aliphatic rings. The largest absolute Gasteiger partial charge is 0.416 e. The van der Waals surface area contributed by atoms with E-state index >= 15 is 0 Å². The standard InChI is InChI=1S/C22H24ClN3O4S2/c1-14-9-18(15(2)26(14)11-17-5-3-4-6-19(17)23)20(27)12-31-22-25-24-21(30-22)10-16-7-8-32(28,29)13-16/h3-6,9,16H,7-8,10-13H2,1-2H3/t16-/m0/s1. The molecule has 10 heteroatoms. The van der Waals surface area contributed by atoms with E-state index < -0.39 is 9.84 Å². The maximum absolute atomic E-state index is 12.9. The third-order valence-corrected chi connectivity index (χ3v) is 8.75. The molecule has 1 fully saturated rings. The van der Waals surface area contributed by atoms with E-state index in [1.807, 2.05) is 44.2 Å². The highest BCUT2D eigenvalue weighted by Gasteiger charge is 2.29. The van der Waals surface area contributed by atoms with Gasteiger partial charge in [-0.15, -0.1) is 10.2 Å². The number of aromatic nitrogens is 3. The minimum atomic E-state index is -2.94. The fourth-order valence-corrected chi connectivity index (χ4v) is 6.71. The Kier molecular flexibility index (Phi) is 6.78. The van der Waals surface area contributed by atoms with Crippen molar-refractivity contribution in [2.75, 3.05) is 17.3 Å².